The molecule has 1 heterocycles. The first-order chi connectivity index (χ1) is 17.3. The highest BCUT2D eigenvalue weighted by Crippen LogP contribution is 2.36. The van der Waals surface area contributed by atoms with Gasteiger partial charge in [0.15, 0.2) is 5.69 Å². The Morgan fingerprint density at radius 2 is 1.84 bits per heavy atom. The maximum Gasteiger partial charge on any atom is 0.276 e. The SMILES string of the molecule is CC[C@H](C)NS(=O)(=O)c1cc([N+](=O)[O-])ccc1Oc1c(C)c(C(=O)Nc2ccc(F)cc2)nn1C(C)C. The Balaban J connectivity index is 2.06. The van der Waals surface area contributed by atoms with Crippen molar-refractivity contribution in [2.24, 2.45) is 0 Å². The zero-order valence-corrected chi connectivity index (χ0v) is 21.8. The Labute approximate surface area is 213 Å². The molecule has 0 aliphatic carbocycles. The first-order valence-electron chi connectivity index (χ1n) is 11.5. The molecular weight excluding hydrogens is 505 g/mol. The van der Waals surface area contributed by atoms with E-state index in [9.17, 15) is 27.7 Å². The minimum Gasteiger partial charge on any atom is -0.438 e. The summed E-state index contributed by atoms with van der Waals surface area (Å²) in [5.41, 5.74) is 0.250. The van der Waals surface area contributed by atoms with E-state index >= 15 is 0 Å². The van der Waals surface area contributed by atoms with E-state index < -0.39 is 43.3 Å². The van der Waals surface area contributed by atoms with Crippen LogP contribution in [0.15, 0.2) is 47.4 Å². The number of nitrogens with one attached hydrogen (secondary N) is 2. The third kappa shape index (κ3) is 6.30. The molecule has 3 aromatic rings. The van der Waals surface area contributed by atoms with Crippen molar-refractivity contribution in [3.63, 3.8) is 0 Å². The van der Waals surface area contributed by atoms with Crippen LogP contribution in [0.2, 0.25) is 0 Å². The number of carbonyl (C=O) groups is 1. The number of benzene rings is 2. The van der Waals surface area contributed by atoms with Crippen molar-refractivity contribution in [1.29, 1.82) is 0 Å². The normalized spacial score (nSPS) is 12.4. The summed E-state index contributed by atoms with van der Waals surface area (Å²) >= 11 is 0. The molecule has 0 spiro atoms. The van der Waals surface area contributed by atoms with Crippen molar-refractivity contribution in [3.8, 4) is 11.6 Å². The van der Waals surface area contributed by atoms with Crippen LogP contribution >= 0.6 is 0 Å². The minimum atomic E-state index is -4.20. The molecule has 0 saturated carbocycles. The topological polar surface area (TPSA) is 145 Å². The van der Waals surface area contributed by atoms with Crippen LogP contribution in [0.1, 0.15) is 56.2 Å². The van der Waals surface area contributed by atoms with Crippen molar-refractivity contribution in [2.45, 2.75) is 58.0 Å². The largest absolute Gasteiger partial charge is 0.438 e. The first kappa shape index (κ1) is 27.7. The molecule has 11 nitrogen and oxygen atoms in total. The van der Waals surface area contributed by atoms with Gasteiger partial charge in [-0.2, -0.15) is 5.10 Å². The fourth-order valence-corrected chi connectivity index (χ4v) is 4.81. The van der Waals surface area contributed by atoms with Gasteiger partial charge in [-0.25, -0.2) is 22.2 Å². The van der Waals surface area contributed by atoms with Gasteiger partial charge in [-0.1, -0.05) is 6.92 Å². The number of hydrogen-bond acceptors (Lipinski definition) is 7. The molecule has 1 aromatic heterocycles. The fourth-order valence-electron chi connectivity index (χ4n) is 3.33. The summed E-state index contributed by atoms with van der Waals surface area (Å²) in [5.74, 6) is -1.11. The van der Waals surface area contributed by atoms with Crippen molar-refractivity contribution in [2.75, 3.05) is 5.32 Å². The van der Waals surface area contributed by atoms with Crippen LogP contribution in [0, 0.1) is 22.9 Å². The summed E-state index contributed by atoms with van der Waals surface area (Å²) < 4.78 is 49.3. The van der Waals surface area contributed by atoms with Crippen LogP contribution in [0.4, 0.5) is 15.8 Å². The van der Waals surface area contributed by atoms with E-state index in [2.05, 4.69) is 15.1 Å². The number of hydrogen-bond donors (Lipinski definition) is 2. The zero-order chi connectivity index (χ0) is 27.5. The number of aromatic nitrogens is 2. The number of ether oxygens (including phenoxy) is 1. The number of non-ortho nitro benzene ring substituents is 1. The molecule has 0 radical (unpaired) electrons. The molecule has 2 N–H and O–H groups in total. The van der Waals surface area contributed by atoms with E-state index in [-0.39, 0.29) is 23.4 Å². The summed E-state index contributed by atoms with van der Waals surface area (Å²) in [6, 6.07) is 7.73. The molecule has 0 saturated heterocycles. The van der Waals surface area contributed by atoms with Crippen molar-refractivity contribution in [3.05, 3.63) is 69.7 Å². The van der Waals surface area contributed by atoms with Crippen LogP contribution in [-0.2, 0) is 10.0 Å². The molecule has 1 amide bonds. The number of sulfonamides is 1. The van der Waals surface area contributed by atoms with Crippen LogP contribution in [0.25, 0.3) is 0 Å². The number of carbonyl (C=O) groups excluding carboxylic acids is 1. The number of rotatable bonds is 10. The van der Waals surface area contributed by atoms with Gasteiger partial charge in [-0.3, -0.25) is 14.9 Å². The Kier molecular flexibility index (Phi) is 8.28. The number of amides is 1. The third-order valence-corrected chi connectivity index (χ3v) is 7.11. The number of nitro benzene ring substituents is 1. The zero-order valence-electron chi connectivity index (χ0n) is 21.0. The van der Waals surface area contributed by atoms with E-state index in [1.54, 1.807) is 34.6 Å². The standard InChI is InChI=1S/C24H28FN5O6S/c1-6-15(4)28-37(34,35)21-13-19(30(32)33)11-12-20(21)36-24-16(5)22(27-29(24)14(2)3)23(31)26-18-9-7-17(25)8-10-18/h7-15,28H,6H2,1-5H3,(H,26,31)/t15-/m0/s1. The predicted molar refractivity (Wildman–Crippen MR) is 135 cm³/mol. The van der Waals surface area contributed by atoms with E-state index in [1.807, 2.05) is 0 Å². The molecule has 0 aliphatic heterocycles. The highest BCUT2D eigenvalue weighted by molar-refractivity contribution is 7.89. The molecule has 2 aromatic carbocycles. The van der Waals surface area contributed by atoms with Crippen molar-refractivity contribution >= 4 is 27.3 Å². The predicted octanol–water partition coefficient (Wildman–Crippen LogP) is 4.94. The van der Waals surface area contributed by atoms with Gasteiger partial charge < -0.3 is 10.1 Å². The molecule has 198 valence electrons. The fraction of sp³-hybridized carbons (Fsp3) is 0.333. The van der Waals surface area contributed by atoms with Crippen LogP contribution in [-0.4, -0.2) is 35.1 Å². The van der Waals surface area contributed by atoms with Crippen LogP contribution < -0.4 is 14.8 Å². The van der Waals surface area contributed by atoms with Crippen LogP contribution in [0.3, 0.4) is 0 Å². The summed E-state index contributed by atoms with van der Waals surface area (Å²) in [7, 11) is -4.20. The molecule has 1 atom stereocenters. The first-order valence-corrected chi connectivity index (χ1v) is 13.0. The van der Waals surface area contributed by atoms with Crippen LogP contribution in [0.5, 0.6) is 11.6 Å². The maximum absolute atomic E-state index is 13.2. The summed E-state index contributed by atoms with van der Waals surface area (Å²) in [6.07, 6.45) is 0.496. The average molecular weight is 534 g/mol. The van der Waals surface area contributed by atoms with Gasteiger partial charge in [-0.05, 0) is 64.4 Å². The molecule has 0 aliphatic rings. The van der Waals surface area contributed by atoms with Gasteiger partial charge in [0.25, 0.3) is 11.6 Å². The Bertz CT molecular complexity index is 1420. The van der Waals surface area contributed by atoms with Gasteiger partial charge in [0.05, 0.1) is 11.0 Å². The second kappa shape index (κ2) is 11.0. The van der Waals surface area contributed by atoms with Gasteiger partial charge in [0.1, 0.15) is 16.5 Å². The average Bonchev–Trinajstić information content (AvgIpc) is 3.16. The Hall–Kier alpha value is -3.84. The second-order valence-corrected chi connectivity index (χ2v) is 10.4. The lowest BCUT2D eigenvalue weighted by Gasteiger charge is -2.17. The highest BCUT2D eigenvalue weighted by atomic mass is 32.2. The molecule has 0 unspecified atom stereocenters. The molecule has 0 fully saturated rings. The van der Waals surface area contributed by atoms with E-state index in [4.69, 9.17) is 4.74 Å². The second-order valence-electron chi connectivity index (χ2n) is 8.70. The lowest BCUT2D eigenvalue weighted by molar-refractivity contribution is -0.385. The number of nitro groups is 1. The molecule has 3 rings (SSSR count). The lowest BCUT2D eigenvalue weighted by Crippen LogP contribution is -2.32. The van der Waals surface area contributed by atoms with Gasteiger partial charge >= 0.3 is 0 Å². The van der Waals surface area contributed by atoms with Crippen molar-refractivity contribution in [1.82, 2.24) is 14.5 Å². The summed E-state index contributed by atoms with van der Waals surface area (Å²) in [5, 5.41) is 18.3. The van der Waals surface area contributed by atoms with E-state index in [0.717, 1.165) is 12.1 Å². The summed E-state index contributed by atoms with van der Waals surface area (Å²) in [4.78, 5) is 23.2. The van der Waals surface area contributed by atoms with E-state index in [0.29, 0.717) is 17.7 Å². The molecule has 37 heavy (non-hydrogen) atoms. The monoisotopic (exact) mass is 533 g/mol. The number of halogens is 1. The van der Waals surface area contributed by atoms with Crippen molar-refractivity contribution < 1.29 is 27.3 Å². The highest BCUT2D eigenvalue weighted by Gasteiger charge is 2.28. The smallest absolute Gasteiger partial charge is 0.276 e. The van der Waals surface area contributed by atoms with Gasteiger partial charge in [0, 0.05) is 29.4 Å². The van der Waals surface area contributed by atoms with E-state index in [1.165, 1.54) is 35.0 Å². The molecule has 13 heteroatoms. The third-order valence-electron chi connectivity index (χ3n) is 5.50. The lowest BCUT2D eigenvalue weighted by atomic mass is 10.2. The summed E-state index contributed by atoms with van der Waals surface area (Å²) in [6.45, 7) is 8.62. The maximum atomic E-state index is 13.2. The van der Waals surface area contributed by atoms with Gasteiger partial charge in [0.2, 0.25) is 15.9 Å². The Morgan fingerprint density at radius 3 is 2.41 bits per heavy atom. The Morgan fingerprint density at radius 1 is 1.19 bits per heavy atom. The molecular formula is C24H28FN5O6S. The van der Waals surface area contributed by atoms with Gasteiger partial charge in [-0.15, -0.1) is 0 Å². The number of nitrogens with zero attached hydrogens (tertiary/aromatic N) is 3. The molecule has 0 bridgehead atoms. The minimum absolute atomic E-state index is 0.0112. The number of anilines is 1. The quantitative estimate of drug-likeness (QED) is 0.277.